The summed E-state index contributed by atoms with van der Waals surface area (Å²) in [6.07, 6.45) is 1.33. The fourth-order valence-electron chi connectivity index (χ4n) is 2.38. The zero-order valence-corrected chi connectivity index (χ0v) is 12.6. The first-order valence-electron chi connectivity index (χ1n) is 6.87. The molecule has 2 heterocycles. The fraction of sp³-hybridized carbons (Fsp3) is 0. The lowest BCUT2D eigenvalue weighted by Gasteiger charge is -2.00. The molecule has 2 aromatic heterocycles. The summed E-state index contributed by atoms with van der Waals surface area (Å²) in [4.78, 5) is 15.3. The third-order valence-corrected chi connectivity index (χ3v) is 4.49. The number of nitrogens with zero attached hydrogens (tertiary/aromatic N) is 2. The van der Waals surface area contributed by atoms with Crippen molar-refractivity contribution in [3.8, 4) is 21.8 Å². The van der Waals surface area contributed by atoms with Crippen LogP contribution >= 0.6 is 11.3 Å². The van der Waals surface area contributed by atoms with Gasteiger partial charge in [-0.2, -0.15) is 0 Å². The Morgan fingerprint density at radius 2 is 1.91 bits per heavy atom. The molecule has 4 rings (SSSR count). The van der Waals surface area contributed by atoms with Crippen LogP contribution < -0.4 is 0 Å². The zero-order chi connectivity index (χ0) is 15.8. The van der Waals surface area contributed by atoms with Gasteiger partial charge in [0.15, 0.2) is 5.58 Å². The number of carboxylic acid groups (broad SMARTS) is 1. The van der Waals surface area contributed by atoms with Crippen LogP contribution in [0.3, 0.4) is 0 Å². The minimum Gasteiger partial charge on any atom is -0.477 e. The lowest BCUT2D eigenvalue weighted by molar-refractivity contribution is 0.0702. The van der Waals surface area contributed by atoms with E-state index in [0.29, 0.717) is 16.3 Å². The quantitative estimate of drug-likeness (QED) is 0.608. The Kier molecular flexibility index (Phi) is 3.17. The van der Waals surface area contributed by atoms with Crippen molar-refractivity contribution in [2.24, 2.45) is 0 Å². The molecule has 0 aliphatic carbocycles. The van der Waals surface area contributed by atoms with Gasteiger partial charge in [-0.15, -0.1) is 11.3 Å². The Morgan fingerprint density at radius 3 is 2.65 bits per heavy atom. The molecule has 1 N–H and O–H groups in total. The second kappa shape index (κ2) is 5.33. The maximum Gasteiger partial charge on any atom is 0.347 e. The number of hydrogen-bond donors (Lipinski definition) is 1. The Bertz CT molecular complexity index is 1010. The van der Waals surface area contributed by atoms with E-state index >= 15 is 0 Å². The predicted octanol–water partition coefficient (Wildman–Crippen LogP) is 4.32. The van der Waals surface area contributed by atoms with Crippen LogP contribution in [0.4, 0.5) is 0 Å². The van der Waals surface area contributed by atoms with E-state index in [1.165, 1.54) is 6.20 Å². The van der Waals surface area contributed by atoms with Gasteiger partial charge in [-0.05, 0) is 23.3 Å². The summed E-state index contributed by atoms with van der Waals surface area (Å²) in [5, 5.41) is 14.4. The van der Waals surface area contributed by atoms with Crippen LogP contribution in [0.2, 0.25) is 0 Å². The van der Waals surface area contributed by atoms with Crippen molar-refractivity contribution in [2.75, 3.05) is 0 Å². The molecule has 0 saturated heterocycles. The molecule has 0 saturated carbocycles. The first-order chi connectivity index (χ1) is 11.2. The van der Waals surface area contributed by atoms with Crippen LogP contribution in [-0.4, -0.2) is 21.2 Å². The van der Waals surface area contributed by atoms with E-state index in [9.17, 15) is 4.79 Å². The van der Waals surface area contributed by atoms with Crippen molar-refractivity contribution in [3.63, 3.8) is 0 Å². The van der Waals surface area contributed by atoms with E-state index < -0.39 is 5.97 Å². The van der Waals surface area contributed by atoms with E-state index in [0.717, 1.165) is 27.8 Å². The van der Waals surface area contributed by atoms with Gasteiger partial charge in [-0.25, -0.2) is 9.78 Å². The Morgan fingerprint density at radius 1 is 1.09 bits per heavy atom. The molecule has 6 heteroatoms. The number of aromatic carboxylic acids is 1. The topological polar surface area (TPSA) is 76.2 Å². The van der Waals surface area contributed by atoms with Gasteiger partial charge in [-0.3, -0.25) is 0 Å². The molecule has 5 nitrogen and oxygen atoms in total. The molecule has 0 aliphatic heterocycles. The van der Waals surface area contributed by atoms with Crippen molar-refractivity contribution in [1.29, 1.82) is 0 Å². The van der Waals surface area contributed by atoms with Gasteiger partial charge >= 0.3 is 5.97 Å². The van der Waals surface area contributed by atoms with Crippen molar-refractivity contribution in [1.82, 2.24) is 10.1 Å². The smallest absolute Gasteiger partial charge is 0.347 e. The van der Waals surface area contributed by atoms with Gasteiger partial charge < -0.3 is 9.63 Å². The molecule has 0 spiro atoms. The second-order valence-electron chi connectivity index (χ2n) is 4.94. The molecule has 0 atom stereocenters. The number of fused-ring (bicyclic) bond motifs is 1. The number of carbonyl (C=O) groups is 1. The lowest BCUT2D eigenvalue weighted by atomic mass is 10.0. The van der Waals surface area contributed by atoms with Gasteiger partial charge in [0.1, 0.15) is 15.6 Å². The lowest BCUT2D eigenvalue weighted by Crippen LogP contribution is -1.89. The summed E-state index contributed by atoms with van der Waals surface area (Å²) < 4.78 is 5.40. The molecule has 112 valence electrons. The zero-order valence-electron chi connectivity index (χ0n) is 11.8. The molecule has 2 aromatic carbocycles. The monoisotopic (exact) mass is 322 g/mol. The first-order valence-corrected chi connectivity index (χ1v) is 7.68. The summed E-state index contributed by atoms with van der Waals surface area (Å²) in [7, 11) is 0. The van der Waals surface area contributed by atoms with Crippen molar-refractivity contribution < 1.29 is 14.4 Å². The number of rotatable bonds is 3. The standard InChI is InChI=1S/C17H10N2O3S/c20-17(21)14-9-18-16(23-14)15-12-7-6-11(8-13(12)22-19-15)10-4-2-1-3-5-10/h1-9H,(H,20,21). The highest BCUT2D eigenvalue weighted by Gasteiger charge is 2.16. The second-order valence-corrected chi connectivity index (χ2v) is 5.97. The molecular formula is C17H10N2O3S. The first kappa shape index (κ1) is 13.7. The van der Waals surface area contributed by atoms with Gasteiger partial charge in [0.2, 0.25) is 0 Å². The maximum atomic E-state index is 11.0. The molecule has 0 amide bonds. The highest BCUT2D eigenvalue weighted by Crippen LogP contribution is 2.33. The van der Waals surface area contributed by atoms with Gasteiger partial charge in [0.05, 0.1) is 11.6 Å². The van der Waals surface area contributed by atoms with E-state index in [4.69, 9.17) is 9.63 Å². The van der Waals surface area contributed by atoms with Crippen molar-refractivity contribution in [2.45, 2.75) is 0 Å². The van der Waals surface area contributed by atoms with E-state index in [2.05, 4.69) is 10.1 Å². The Labute approximate surface area is 134 Å². The highest BCUT2D eigenvalue weighted by atomic mass is 32.1. The molecular weight excluding hydrogens is 312 g/mol. The molecule has 0 fully saturated rings. The molecule has 0 radical (unpaired) electrons. The highest BCUT2D eigenvalue weighted by molar-refractivity contribution is 7.16. The van der Waals surface area contributed by atoms with Crippen LogP contribution in [0.1, 0.15) is 9.67 Å². The van der Waals surface area contributed by atoms with Crippen LogP contribution in [0.5, 0.6) is 0 Å². The number of thiazole rings is 1. The summed E-state index contributed by atoms with van der Waals surface area (Å²) in [6, 6.07) is 15.8. The SMILES string of the molecule is O=C(O)c1cnc(-c2noc3cc(-c4ccccc4)ccc23)s1. The average molecular weight is 322 g/mol. The van der Waals surface area contributed by atoms with Crippen LogP contribution in [-0.2, 0) is 0 Å². The van der Waals surface area contributed by atoms with Crippen molar-refractivity contribution >= 4 is 28.3 Å². The maximum absolute atomic E-state index is 11.0. The van der Waals surface area contributed by atoms with Crippen LogP contribution in [0.15, 0.2) is 59.3 Å². The summed E-state index contributed by atoms with van der Waals surface area (Å²) in [5.41, 5.74) is 3.34. The predicted molar refractivity (Wildman–Crippen MR) is 87.5 cm³/mol. The van der Waals surface area contributed by atoms with Crippen LogP contribution in [0.25, 0.3) is 32.8 Å². The van der Waals surface area contributed by atoms with E-state index in [-0.39, 0.29) is 4.88 Å². The molecule has 4 aromatic rings. The number of carboxylic acids is 1. The molecule has 0 bridgehead atoms. The van der Waals surface area contributed by atoms with E-state index in [1.54, 1.807) is 0 Å². The van der Waals surface area contributed by atoms with E-state index in [1.807, 2.05) is 48.5 Å². The number of hydrogen-bond acceptors (Lipinski definition) is 5. The summed E-state index contributed by atoms with van der Waals surface area (Å²) in [5.74, 6) is -0.993. The summed E-state index contributed by atoms with van der Waals surface area (Å²) >= 11 is 1.08. The van der Waals surface area contributed by atoms with Gasteiger partial charge in [-0.1, -0.05) is 41.6 Å². The van der Waals surface area contributed by atoms with Gasteiger partial charge in [0, 0.05) is 0 Å². The third-order valence-electron chi connectivity index (χ3n) is 3.50. The fourth-order valence-corrected chi connectivity index (χ4v) is 3.13. The number of aromatic nitrogens is 2. The average Bonchev–Trinajstić information content (AvgIpc) is 3.21. The third kappa shape index (κ3) is 2.39. The minimum atomic E-state index is -0.993. The Hall–Kier alpha value is -2.99. The summed E-state index contributed by atoms with van der Waals surface area (Å²) in [6.45, 7) is 0. The molecule has 23 heavy (non-hydrogen) atoms. The Balaban J connectivity index is 1.80. The van der Waals surface area contributed by atoms with Crippen LogP contribution in [0, 0.1) is 0 Å². The van der Waals surface area contributed by atoms with Gasteiger partial charge in [0.25, 0.3) is 0 Å². The number of benzene rings is 2. The minimum absolute atomic E-state index is 0.178. The molecule has 0 aliphatic rings. The normalized spacial score (nSPS) is 11.0. The molecule has 0 unspecified atom stereocenters. The largest absolute Gasteiger partial charge is 0.477 e. The van der Waals surface area contributed by atoms with Crippen molar-refractivity contribution in [3.05, 3.63) is 59.6 Å².